The summed E-state index contributed by atoms with van der Waals surface area (Å²) in [5.74, 6) is 0.107. The van der Waals surface area contributed by atoms with Crippen molar-refractivity contribution in [2.45, 2.75) is 25.9 Å². The highest BCUT2D eigenvalue weighted by Crippen LogP contribution is 2.31. The average molecular weight is 463 g/mol. The second kappa shape index (κ2) is 8.04. The van der Waals surface area contributed by atoms with Crippen LogP contribution >= 0.6 is 22.9 Å². The molecule has 1 N–H and O–H groups in total. The topological polar surface area (TPSA) is 117 Å². The maximum atomic E-state index is 14.0. The monoisotopic (exact) mass is 462 g/mol. The Morgan fingerprint density at radius 3 is 2.84 bits per heavy atom. The molecule has 4 rings (SSSR count). The molecule has 1 aromatic carbocycles. The lowest BCUT2D eigenvalue weighted by molar-refractivity contribution is -0.385. The van der Waals surface area contributed by atoms with Crippen LogP contribution in [0.25, 0.3) is 0 Å². The van der Waals surface area contributed by atoms with E-state index in [0.717, 1.165) is 0 Å². The quantitative estimate of drug-likeness (QED) is 0.323. The van der Waals surface area contributed by atoms with Crippen LogP contribution < -0.4 is 5.32 Å². The van der Waals surface area contributed by atoms with Gasteiger partial charge in [-0.2, -0.15) is 10.2 Å². The summed E-state index contributed by atoms with van der Waals surface area (Å²) in [7, 11) is 0. The Morgan fingerprint density at radius 1 is 1.32 bits per heavy atom. The van der Waals surface area contributed by atoms with E-state index in [9.17, 15) is 14.5 Å². The molecule has 0 spiro atoms. The van der Waals surface area contributed by atoms with Gasteiger partial charge in [0, 0.05) is 22.8 Å². The van der Waals surface area contributed by atoms with Gasteiger partial charge < -0.3 is 5.32 Å². The first-order valence-electron chi connectivity index (χ1n) is 9.01. The van der Waals surface area contributed by atoms with Gasteiger partial charge in [0.1, 0.15) is 28.8 Å². The van der Waals surface area contributed by atoms with Gasteiger partial charge in [-0.1, -0.05) is 29.0 Å². The van der Waals surface area contributed by atoms with E-state index in [1.807, 2.05) is 13.8 Å². The van der Waals surface area contributed by atoms with Gasteiger partial charge in [-0.3, -0.25) is 19.5 Å². The number of hydrogen-bond donors (Lipinski definition) is 1. The standard InChI is InChI=1S/C18H16ClFN8O2S/c1-18(2,27-9-11(8-21-27)28(29)30)16-23-24-17(31-16)22-15-6-7-26(25-15)10-12-13(19)4-3-5-14(12)20/h3-9H,10H2,1-2H3,(H,22,24,25). The van der Waals surface area contributed by atoms with E-state index in [-0.39, 0.29) is 12.2 Å². The highest BCUT2D eigenvalue weighted by Gasteiger charge is 2.30. The third-order valence-electron chi connectivity index (χ3n) is 4.56. The molecule has 0 radical (unpaired) electrons. The van der Waals surface area contributed by atoms with Crippen molar-refractivity contribution in [3.05, 3.63) is 74.4 Å². The van der Waals surface area contributed by atoms with Crippen molar-refractivity contribution in [1.29, 1.82) is 0 Å². The number of nitrogens with one attached hydrogen (secondary N) is 1. The third-order valence-corrected chi connectivity index (χ3v) is 6.06. The van der Waals surface area contributed by atoms with Crippen molar-refractivity contribution in [3.8, 4) is 0 Å². The molecule has 0 saturated heterocycles. The molecule has 10 nitrogen and oxygen atoms in total. The second-order valence-electron chi connectivity index (χ2n) is 7.10. The van der Waals surface area contributed by atoms with Crippen molar-refractivity contribution in [1.82, 2.24) is 29.8 Å². The first-order chi connectivity index (χ1) is 14.7. The van der Waals surface area contributed by atoms with Crippen LogP contribution in [0.1, 0.15) is 24.4 Å². The van der Waals surface area contributed by atoms with Crippen LogP contribution in [-0.4, -0.2) is 34.7 Å². The van der Waals surface area contributed by atoms with E-state index in [1.165, 1.54) is 34.5 Å². The van der Waals surface area contributed by atoms with Gasteiger partial charge in [-0.05, 0) is 26.0 Å². The van der Waals surface area contributed by atoms with E-state index in [0.29, 0.717) is 26.5 Å². The minimum Gasteiger partial charge on any atom is -0.313 e. The predicted octanol–water partition coefficient (Wildman–Crippen LogP) is 4.21. The van der Waals surface area contributed by atoms with Gasteiger partial charge in [0.25, 0.3) is 0 Å². The Hall–Kier alpha value is -3.38. The van der Waals surface area contributed by atoms with E-state index in [4.69, 9.17) is 11.6 Å². The summed E-state index contributed by atoms with van der Waals surface area (Å²) in [4.78, 5) is 10.4. The highest BCUT2D eigenvalue weighted by atomic mass is 35.5. The number of benzene rings is 1. The number of rotatable bonds is 7. The fourth-order valence-electron chi connectivity index (χ4n) is 2.80. The molecule has 0 unspecified atom stereocenters. The van der Waals surface area contributed by atoms with Gasteiger partial charge in [0.2, 0.25) is 5.13 Å². The normalized spacial score (nSPS) is 11.6. The molecule has 3 aromatic heterocycles. The van der Waals surface area contributed by atoms with Crippen molar-refractivity contribution in [2.75, 3.05) is 5.32 Å². The van der Waals surface area contributed by atoms with Gasteiger partial charge in [0.15, 0.2) is 5.82 Å². The van der Waals surface area contributed by atoms with E-state index >= 15 is 0 Å². The molecule has 0 aliphatic carbocycles. The molecule has 31 heavy (non-hydrogen) atoms. The van der Waals surface area contributed by atoms with Gasteiger partial charge in [-0.25, -0.2) is 4.39 Å². The number of nitrogens with zero attached hydrogens (tertiary/aromatic N) is 7. The zero-order valence-electron chi connectivity index (χ0n) is 16.4. The van der Waals surface area contributed by atoms with Crippen LogP contribution in [0.5, 0.6) is 0 Å². The van der Waals surface area contributed by atoms with Crippen LogP contribution in [0.15, 0.2) is 42.9 Å². The van der Waals surface area contributed by atoms with Gasteiger partial charge in [-0.15, -0.1) is 10.2 Å². The Kier molecular flexibility index (Phi) is 5.41. The molecule has 0 fully saturated rings. The predicted molar refractivity (Wildman–Crippen MR) is 113 cm³/mol. The number of halogens is 2. The van der Waals surface area contributed by atoms with E-state index in [2.05, 4.69) is 25.7 Å². The Balaban J connectivity index is 1.48. The summed E-state index contributed by atoms with van der Waals surface area (Å²) in [5.41, 5.74) is -0.490. The maximum Gasteiger partial charge on any atom is 0.307 e. The van der Waals surface area contributed by atoms with Gasteiger partial charge in [0.05, 0.1) is 11.5 Å². The number of anilines is 2. The lowest BCUT2D eigenvalue weighted by Gasteiger charge is -2.21. The molecule has 0 amide bonds. The average Bonchev–Trinajstić information content (AvgIpc) is 3.46. The van der Waals surface area contributed by atoms with Crippen LogP contribution in [0, 0.1) is 15.9 Å². The molecule has 4 aromatic rings. The first-order valence-corrected chi connectivity index (χ1v) is 10.2. The maximum absolute atomic E-state index is 14.0. The molecule has 160 valence electrons. The van der Waals surface area contributed by atoms with Crippen LogP contribution in [0.4, 0.5) is 21.0 Å². The smallest absolute Gasteiger partial charge is 0.307 e. The SMILES string of the molecule is CC(C)(c1nnc(Nc2ccn(Cc3c(F)cccc3Cl)n2)s1)n1cc([N+](=O)[O-])cn1. The largest absolute Gasteiger partial charge is 0.313 e. The van der Waals surface area contributed by atoms with Gasteiger partial charge >= 0.3 is 5.69 Å². The zero-order valence-corrected chi connectivity index (χ0v) is 17.9. The molecule has 0 aliphatic heterocycles. The summed E-state index contributed by atoms with van der Waals surface area (Å²) in [6, 6.07) is 6.25. The van der Waals surface area contributed by atoms with Crippen LogP contribution in [0.2, 0.25) is 5.02 Å². The molecule has 0 atom stereocenters. The lowest BCUT2D eigenvalue weighted by Crippen LogP contribution is -2.28. The second-order valence-corrected chi connectivity index (χ2v) is 8.48. The summed E-state index contributed by atoms with van der Waals surface area (Å²) in [6.07, 6.45) is 4.24. The minimum absolute atomic E-state index is 0.101. The summed E-state index contributed by atoms with van der Waals surface area (Å²) < 4.78 is 17.0. The highest BCUT2D eigenvalue weighted by molar-refractivity contribution is 7.15. The molecule has 13 heteroatoms. The molecule has 0 saturated carbocycles. The Bertz CT molecular complexity index is 1230. The molecular weight excluding hydrogens is 447 g/mol. The van der Waals surface area contributed by atoms with Crippen molar-refractivity contribution < 1.29 is 9.31 Å². The van der Waals surface area contributed by atoms with Crippen molar-refractivity contribution >= 4 is 39.6 Å². The summed E-state index contributed by atoms with van der Waals surface area (Å²) in [5, 5.41) is 32.1. The Morgan fingerprint density at radius 2 is 2.13 bits per heavy atom. The number of aromatic nitrogens is 6. The van der Waals surface area contributed by atoms with Crippen molar-refractivity contribution in [3.63, 3.8) is 0 Å². The van der Waals surface area contributed by atoms with Crippen LogP contribution in [-0.2, 0) is 12.1 Å². The molecule has 0 aliphatic rings. The van der Waals surface area contributed by atoms with Crippen molar-refractivity contribution in [2.24, 2.45) is 0 Å². The minimum atomic E-state index is -0.743. The number of hydrogen-bond acceptors (Lipinski definition) is 8. The van der Waals surface area contributed by atoms with E-state index in [1.54, 1.807) is 29.1 Å². The fourth-order valence-corrected chi connectivity index (χ4v) is 3.87. The molecule has 0 bridgehead atoms. The summed E-state index contributed by atoms with van der Waals surface area (Å²) >= 11 is 7.34. The zero-order chi connectivity index (χ0) is 22.2. The third kappa shape index (κ3) is 4.25. The lowest BCUT2D eigenvalue weighted by atomic mass is 10.1. The number of nitro groups is 1. The van der Waals surface area contributed by atoms with E-state index < -0.39 is 16.3 Å². The fraction of sp³-hybridized carbons (Fsp3) is 0.222. The molecule has 3 heterocycles. The first kappa shape index (κ1) is 20.9. The summed E-state index contributed by atoms with van der Waals surface area (Å²) in [6.45, 7) is 3.85. The molecular formula is C18H16ClFN8O2S. The Labute approximate surface area is 184 Å². The van der Waals surface area contributed by atoms with Crippen LogP contribution in [0.3, 0.4) is 0 Å².